The molecule has 26 heavy (non-hydrogen) atoms. The lowest BCUT2D eigenvalue weighted by atomic mass is 10.0. The van der Waals surface area contributed by atoms with Gasteiger partial charge in [0.2, 0.25) is 0 Å². The van der Waals surface area contributed by atoms with Crippen molar-refractivity contribution >= 4 is 41.7 Å². The topological polar surface area (TPSA) is 48.9 Å². The number of hydrogen-bond donors (Lipinski definition) is 2. The van der Waals surface area contributed by atoms with Crippen LogP contribution in [0.5, 0.6) is 0 Å². The van der Waals surface area contributed by atoms with E-state index < -0.39 is 0 Å². The molecular formula is C19H33IN4OS. The third kappa shape index (κ3) is 8.02. The maximum absolute atomic E-state index is 5.45. The number of rotatable bonds is 7. The first-order valence-corrected chi connectivity index (χ1v) is 9.88. The van der Waals surface area contributed by atoms with Crippen molar-refractivity contribution in [2.24, 2.45) is 4.99 Å². The number of nitrogens with zero attached hydrogens (tertiary/aromatic N) is 2. The van der Waals surface area contributed by atoms with E-state index in [2.05, 4.69) is 71.6 Å². The van der Waals surface area contributed by atoms with E-state index in [4.69, 9.17) is 4.74 Å². The highest BCUT2D eigenvalue weighted by Crippen LogP contribution is 2.21. The summed E-state index contributed by atoms with van der Waals surface area (Å²) in [6.07, 6.45) is 0. The van der Waals surface area contributed by atoms with Crippen LogP contribution in [0.15, 0.2) is 40.2 Å². The maximum Gasteiger partial charge on any atom is 0.191 e. The lowest BCUT2D eigenvalue weighted by Crippen LogP contribution is -2.56. The Labute approximate surface area is 179 Å². The summed E-state index contributed by atoms with van der Waals surface area (Å²) in [6.45, 7) is 12.1. The Kier molecular flexibility index (Phi) is 10.9. The van der Waals surface area contributed by atoms with E-state index in [9.17, 15) is 0 Å². The van der Waals surface area contributed by atoms with Crippen LogP contribution < -0.4 is 10.6 Å². The molecule has 2 rings (SSSR count). The average Bonchev–Trinajstić information content (AvgIpc) is 2.63. The highest BCUT2D eigenvalue weighted by molar-refractivity contribution is 14.0. The summed E-state index contributed by atoms with van der Waals surface area (Å²) in [6, 6.07) is 10.5. The zero-order chi connectivity index (χ0) is 18.1. The smallest absolute Gasteiger partial charge is 0.191 e. The summed E-state index contributed by atoms with van der Waals surface area (Å²) in [4.78, 5) is 8.13. The predicted molar refractivity (Wildman–Crippen MR) is 123 cm³/mol. The van der Waals surface area contributed by atoms with Crippen LogP contribution in [0.4, 0.5) is 0 Å². The number of thioether (sulfide) groups is 1. The third-order valence-electron chi connectivity index (χ3n) is 4.42. The van der Waals surface area contributed by atoms with Crippen LogP contribution in [0.25, 0.3) is 0 Å². The van der Waals surface area contributed by atoms with Crippen molar-refractivity contribution in [2.45, 2.75) is 36.5 Å². The van der Waals surface area contributed by atoms with Crippen LogP contribution in [-0.4, -0.2) is 68.1 Å². The Hall–Kier alpha value is -0.510. The second kappa shape index (κ2) is 12.0. The first kappa shape index (κ1) is 23.5. The number of nitrogens with one attached hydrogen (secondary N) is 2. The average molecular weight is 492 g/mol. The van der Waals surface area contributed by atoms with E-state index >= 15 is 0 Å². The fraction of sp³-hybridized carbons (Fsp3) is 0.632. The Morgan fingerprint density at radius 1 is 1.23 bits per heavy atom. The van der Waals surface area contributed by atoms with Gasteiger partial charge in [0.15, 0.2) is 5.96 Å². The fourth-order valence-corrected chi connectivity index (χ4v) is 3.76. The molecule has 1 heterocycles. The standard InChI is InChI=1S/C19H32N4OS.HI/c1-16(25-17-8-6-5-7-9-17)14-21-18(20-4)22-15-19(2,3)23-10-12-24-13-11-23;/h5-9,16H,10-15H2,1-4H3,(H2,20,21,22);1H. The predicted octanol–water partition coefficient (Wildman–Crippen LogP) is 3.06. The Balaban J connectivity index is 0.00000338. The monoisotopic (exact) mass is 492 g/mol. The van der Waals surface area contributed by atoms with Gasteiger partial charge in [-0.25, -0.2) is 0 Å². The summed E-state index contributed by atoms with van der Waals surface area (Å²) < 4.78 is 5.45. The van der Waals surface area contributed by atoms with Crippen LogP contribution in [-0.2, 0) is 4.74 Å². The lowest BCUT2D eigenvalue weighted by Gasteiger charge is -2.41. The van der Waals surface area contributed by atoms with Crippen molar-refractivity contribution in [3.8, 4) is 0 Å². The van der Waals surface area contributed by atoms with Gasteiger partial charge >= 0.3 is 0 Å². The molecule has 0 spiro atoms. The molecular weight excluding hydrogens is 459 g/mol. The summed E-state index contributed by atoms with van der Waals surface area (Å²) in [5.74, 6) is 0.863. The molecule has 0 bridgehead atoms. The summed E-state index contributed by atoms with van der Waals surface area (Å²) >= 11 is 1.88. The second-order valence-corrected chi connectivity index (χ2v) is 8.47. The molecule has 0 radical (unpaired) electrons. The molecule has 1 aliphatic heterocycles. The van der Waals surface area contributed by atoms with E-state index in [1.807, 2.05) is 18.8 Å². The van der Waals surface area contributed by atoms with Crippen LogP contribution in [0.1, 0.15) is 20.8 Å². The summed E-state index contributed by atoms with van der Waals surface area (Å²) in [7, 11) is 1.83. The molecule has 7 heteroatoms. The van der Waals surface area contributed by atoms with Crippen molar-refractivity contribution in [2.75, 3.05) is 46.4 Å². The van der Waals surface area contributed by atoms with Crippen molar-refractivity contribution in [1.82, 2.24) is 15.5 Å². The van der Waals surface area contributed by atoms with Gasteiger partial charge in [0, 0.05) is 48.9 Å². The van der Waals surface area contributed by atoms with Crippen LogP contribution in [0.3, 0.4) is 0 Å². The molecule has 0 aliphatic carbocycles. The first-order valence-electron chi connectivity index (χ1n) is 9.00. The first-order chi connectivity index (χ1) is 12.0. The molecule has 0 aromatic heterocycles. The molecule has 5 nitrogen and oxygen atoms in total. The Bertz CT molecular complexity index is 536. The maximum atomic E-state index is 5.45. The number of aliphatic imine (C=N–C) groups is 1. The molecule has 1 unspecified atom stereocenters. The molecule has 1 atom stereocenters. The number of guanidine groups is 1. The Morgan fingerprint density at radius 2 is 1.88 bits per heavy atom. The van der Waals surface area contributed by atoms with E-state index in [1.165, 1.54) is 4.90 Å². The number of hydrogen-bond acceptors (Lipinski definition) is 4. The van der Waals surface area contributed by atoms with Gasteiger partial charge in [-0.3, -0.25) is 9.89 Å². The minimum atomic E-state index is 0. The normalized spacial score (nSPS) is 17.3. The van der Waals surface area contributed by atoms with E-state index in [1.54, 1.807) is 0 Å². The van der Waals surface area contributed by atoms with Crippen molar-refractivity contribution < 1.29 is 4.74 Å². The molecule has 0 saturated carbocycles. The van der Waals surface area contributed by atoms with Crippen LogP contribution in [0.2, 0.25) is 0 Å². The largest absolute Gasteiger partial charge is 0.379 e. The van der Waals surface area contributed by atoms with Crippen molar-refractivity contribution in [3.05, 3.63) is 30.3 Å². The van der Waals surface area contributed by atoms with Gasteiger partial charge in [0.25, 0.3) is 0 Å². The minimum Gasteiger partial charge on any atom is -0.379 e. The molecule has 1 aliphatic rings. The fourth-order valence-electron chi connectivity index (χ4n) is 2.81. The molecule has 1 saturated heterocycles. The lowest BCUT2D eigenvalue weighted by molar-refractivity contribution is -0.00833. The quantitative estimate of drug-likeness (QED) is 0.265. The zero-order valence-electron chi connectivity index (χ0n) is 16.3. The molecule has 0 amide bonds. The van der Waals surface area contributed by atoms with Crippen molar-refractivity contribution in [3.63, 3.8) is 0 Å². The van der Waals surface area contributed by atoms with Gasteiger partial charge in [0.05, 0.1) is 13.2 Å². The van der Waals surface area contributed by atoms with Gasteiger partial charge < -0.3 is 15.4 Å². The van der Waals surface area contributed by atoms with E-state index in [-0.39, 0.29) is 29.5 Å². The molecule has 1 aromatic carbocycles. The highest BCUT2D eigenvalue weighted by Gasteiger charge is 2.28. The van der Waals surface area contributed by atoms with Gasteiger partial charge in [-0.1, -0.05) is 25.1 Å². The van der Waals surface area contributed by atoms with Crippen molar-refractivity contribution in [1.29, 1.82) is 0 Å². The molecule has 148 valence electrons. The number of halogens is 1. The number of ether oxygens (including phenoxy) is 1. The zero-order valence-corrected chi connectivity index (χ0v) is 19.5. The van der Waals surface area contributed by atoms with E-state index in [0.717, 1.165) is 45.4 Å². The SMILES string of the molecule is CN=C(NCC(C)Sc1ccccc1)NCC(C)(C)N1CCOCC1.I. The van der Waals surface area contributed by atoms with Gasteiger partial charge in [-0.15, -0.1) is 35.7 Å². The summed E-state index contributed by atoms with van der Waals surface area (Å²) in [5, 5.41) is 7.38. The minimum absolute atomic E-state index is 0. The van der Waals surface area contributed by atoms with Gasteiger partial charge in [-0.05, 0) is 26.0 Å². The summed E-state index contributed by atoms with van der Waals surface area (Å²) in [5.41, 5.74) is 0.0752. The molecule has 2 N–H and O–H groups in total. The van der Waals surface area contributed by atoms with Crippen LogP contribution in [0, 0.1) is 0 Å². The Morgan fingerprint density at radius 3 is 2.50 bits per heavy atom. The number of benzene rings is 1. The molecule has 1 aromatic rings. The number of morpholine rings is 1. The highest BCUT2D eigenvalue weighted by atomic mass is 127. The molecule has 1 fully saturated rings. The third-order valence-corrected chi connectivity index (χ3v) is 5.53. The van der Waals surface area contributed by atoms with Gasteiger partial charge in [-0.2, -0.15) is 0 Å². The van der Waals surface area contributed by atoms with Crippen LogP contribution >= 0.6 is 35.7 Å². The van der Waals surface area contributed by atoms with Gasteiger partial charge in [0.1, 0.15) is 0 Å². The van der Waals surface area contributed by atoms with E-state index in [0.29, 0.717) is 5.25 Å². The second-order valence-electron chi connectivity index (χ2n) is 6.96.